The minimum absolute atomic E-state index is 0.0673. The van der Waals surface area contributed by atoms with Crippen LogP contribution in [0.4, 0.5) is 5.69 Å². The maximum absolute atomic E-state index is 13.5. The second-order valence-corrected chi connectivity index (χ2v) is 9.48. The van der Waals surface area contributed by atoms with Crippen LogP contribution in [0.2, 0.25) is 0 Å². The Bertz CT molecular complexity index is 1300. The number of benzene rings is 3. The van der Waals surface area contributed by atoms with Gasteiger partial charge in [-0.1, -0.05) is 84.1 Å². The topological polar surface area (TPSA) is 71.8 Å². The Hall–Kier alpha value is -3.58. The molecule has 7 heteroatoms. The number of thioether (sulfide) groups is 1. The van der Waals surface area contributed by atoms with Crippen LogP contribution >= 0.6 is 11.8 Å². The third kappa shape index (κ3) is 4.24. The fourth-order valence-electron chi connectivity index (χ4n) is 3.93. The van der Waals surface area contributed by atoms with E-state index in [0.29, 0.717) is 5.16 Å². The van der Waals surface area contributed by atoms with Crippen LogP contribution in [0.5, 0.6) is 0 Å². The van der Waals surface area contributed by atoms with Gasteiger partial charge in [0, 0.05) is 11.3 Å². The molecule has 1 amide bonds. The molecule has 0 spiro atoms. The summed E-state index contributed by atoms with van der Waals surface area (Å²) in [6.45, 7) is 6.08. The fourth-order valence-corrected chi connectivity index (χ4v) is 5.01. The van der Waals surface area contributed by atoms with E-state index in [-0.39, 0.29) is 11.9 Å². The quantitative estimate of drug-likeness (QED) is 0.439. The van der Waals surface area contributed by atoms with Crippen molar-refractivity contribution in [1.82, 2.24) is 14.9 Å². The summed E-state index contributed by atoms with van der Waals surface area (Å²) < 4.78 is 1.90. The van der Waals surface area contributed by atoms with Crippen molar-refractivity contribution in [3.8, 4) is 11.4 Å². The van der Waals surface area contributed by atoms with E-state index in [9.17, 15) is 4.79 Å². The lowest BCUT2D eigenvalue weighted by molar-refractivity contribution is -0.116. The third-order valence-corrected chi connectivity index (χ3v) is 7.03. The molecule has 33 heavy (non-hydrogen) atoms. The van der Waals surface area contributed by atoms with Gasteiger partial charge in [0.2, 0.25) is 11.1 Å². The van der Waals surface area contributed by atoms with Gasteiger partial charge in [-0.05, 0) is 43.5 Å². The number of carbonyl (C=O) groups is 1. The Labute approximate surface area is 197 Å². The Morgan fingerprint density at radius 2 is 1.67 bits per heavy atom. The molecule has 1 aromatic heterocycles. The predicted molar refractivity (Wildman–Crippen MR) is 133 cm³/mol. The normalized spacial score (nSPS) is 17.2. The molecule has 4 aromatic rings. The molecule has 1 aliphatic rings. The minimum atomic E-state index is -0.423. The van der Waals surface area contributed by atoms with Crippen molar-refractivity contribution in [2.45, 2.75) is 37.2 Å². The number of nitrogens with zero attached hydrogens (tertiary/aromatic N) is 3. The Balaban J connectivity index is 1.52. The number of hydrogen-bond acceptors (Lipinski definition) is 5. The Morgan fingerprint density at radius 1 is 0.939 bits per heavy atom. The summed E-state index contributed by atoms with van der Waals surface area (Å²) >= 11 is 1.43. The number of nitrogens with one attached hydrogen (secondary N) is 2. The highest BCUT2D eigenvalue weighted by Crippen LogP contribution is 2.39. The number of amides is 1. The van der Waals surface area contributed by atoms with Crippen LogP contribution in [-0.4, -0.2) is 26.0 Å². The summed E-state index contributed by atoms with van der Waals surface area (Å²) in [5.74, 6) is 0.658. The van der Waals surface area contributed by atoms with Crippen LogP contribution in [0.15, 0.2) is 78.0 Å². The zero-order valence-corrected chi connectivity index (χ0v) is 19.6. The molecule has 2 N–H and O–H groups in total. The van der Waals surface area contributed by atoms with Crippen LogP contribution < -0.4 is 10.7 Å². The molecular formula is C26H25N5OS. The molecular weight excluding hydrogens is 430 g/mol. The molecule has 6 nitrogen and oxygen atoms in total. The first-order chi connectivity index (χ1) is 16.0. The Morgan fingerprint density at radius 3 is 2.42 bits per heavy atom. The predicted octanol–water partition coefficient (Wildman–Crippen LogP) is 5.27. The molecule has 2 atom stereocenters. The second kappa shape index (κ2) is 8.75. The first-order valence-corrected chi connectivity index (χ1v) is 11.8. The van der Waals surface area contributed by atoms with Crippen LogP contribution in [0.3, 0.4) is 0 Å². The molecule has 0 fully saturated rings. The van der Waals surface area contributed by atoms with E-state index in [4.69, 9.17) is 0 Å². The average molecular weight is 456 g/mol. The van der Waals surface area contributed by atoms with Gasteiger partial charge in [0.25, 0.3) is 0 Å². The van der Waals surface area contributed by atoms with E-state index in [1.165, 1.54) is 17.3 Å². The van der Waals surface area contributed by atoms with Gasteiger partial charge in [0.1, 0.15) is 5.25 Å². The van der Waals surface area contributed by atoms with Gasteiger partial charge >= 0.3 is 0 Å². The van der Waals surface area contributed by atoms with Gasteiger partial charge < -0.3 is 10.7 Å². The molecule has 1 aliphatic heterocycles. The molecule has 0 unspecified atom stereocenters. The van der Waals surface area contributed by atoms with Crippen LogP contribution in [0.25, 0.3) is 11.4 Å². The largest absolute Gasteiger partial charge is 0.325 e. The lowest BCUT2D eigenvalue weighted by Gasteiger charge is -2.33. The van der Waals surface area contributed by atoms with E-state index in [2.05, 4.69) is 52.1 Å². The molecule has 3 aromatic carbocycles. The van der Waals surface area contributed by atoms with Gasteiger partial charge in [-0.15, -0.1) is 10.2 Å². The smallest absolute Gasteiger partial charge is 0.240 e. The van der Waals surface area contributed by atoms with E-state index in [0.717, 1.165) is 33.8 Å². The molecule has 0 bridgehead atoms. The van der Waals surface area contributed by atoms with Gasteiger partial charge in [-0.25, -0.2) is 4.68 Å². The van der Waals surface area contributed by atoms with Gasteiger partial charge in [0.15, 0.2) is 5.82 Å². The summed E-state index contributed by atoms with van der Waals surface area (Å²) in [7, 11) is 0. The lowest BCUT2D eigenvalue weighted by Crippen LogP contribution is -2.41. The molecule has 5 rings (SSSR count). The van der Waals surface area contributed by atoms with Crippen molar-refractivity contribution in [3.05, 3.63) is 95.1 Å². The highest BCUT2D eigenvalue weighted by Gasteiger charge is 2.38. The molecule has 0 saturated carbocycles. The van der Waals surface area contributed by atoms with E-state index in [1.807, 2.05) is 67.1 Å². The lowest BCUT2D eigenvalue weighted by atomic mass is 10.0. The van der Waals surface area contributed by atoms with E-state index in [1.54, 1.807) is 0 Å². The van der Waals surface area contributed by atoms with Gasteiger partial charge in [-0.3, -0.25) is 4.79 Å². The maximum Gasteiger partial charge on any atom is 0.240 e. The SMILES string of the molecule is Cc1ccc([C@H]2Nn3c(nnc3-c3ccccc3)S[C@H]2C(=O)Nc2cc(C)ccc2C)cc1. The van der Waals surface area contributed by atoms with Crippen LogP contribution in [0.1, 0.15) is 28.3 Å². The highest BCUT2D eigenvalue weighted by molar-refractivity contribution is 8.00. The molecule has 0 aliphatic carbocycles. The number of aromatic nitrogens is 3. The third-order valence-electron chi connectivity index (χ3n) is 5.81. The van der Waals surface area contributed by atoms with Crippen molar-refractivity contribution in [2.24, 2.45) is 0 Å². The van der Waals surface area contributed by atoms with Gasteiger partial charge in [0.05, 0.1) is 6.04 Å². The van der Waals surface area contributed by atoms with Crippen molar-refractivity contribution < 1.29 is 4.79 Å². The fraction of sp³-hybridized carbons (Fsp3) is 0.192. The van der Waals surface area contributed by atoms with Crippen molar-refractivity contribution in [3.63, 3.8) is 0 Å². The number of aryl methyl sites for hydroxylation is 3. The van der Waals surface area contributed by atoms with Crippen molar-refractivity contribution in [2.75, 3.05) is 10.7 Å². The zero-order valence-electron chi connectivity index (χ0n) is 18.7. The monoisotopic (exact) mass is 455 g/mol. The zero-order chi connectivity index (χ0) is 22.9. The Kier molecular flexibility index (Phi) is 5.64. The first-order valence-electron chi connectivity index (χ1n) is 10.9. The summed E-state index contributed by atoms with van der Waals surface area (Å²) in [4.78, 5) is 13.5. The maximum atomic E-state index is 13.5. The summed E-state index contributed by atoms with van der Waals surface area (Å²) in [5.41, 5.74) is 9.67. The molecule has 0 saturated heterocycles. The van der Waals surface area contributed by atoms with Crippen molar-refractivity contribution in [1.29, 1.82) is 0 Å². The number of rotatable bonds is 4. The first kappa shape index (κ1) is 21.3. The highest BCUT2D eigenvalue weighted by atomic mass is 32.2. The minimum Gasteiger partial charge on any atom is -0.325 e. The molecule has 2 heterocycles. The van der Waals surface area contributed by atoms with Crippen LogP contribution in [0, 0.1) is 20.8 Å². The van der Waals surface area contributed by atoms with Crippen molar-refractivity contribution >= 4 is 23.4 Å². The number of hydrogen-bond donors (Lipinski definition) is 2. The van der Waals surface area contributed by atoms with E-state index >= 15 is 0 Å². The number of carbonyl (C=O) groups excluding carboxylic acids is 1. The second-order valence-electron chi connectivity index (χ2n) is 8.37. The summed E-state index contributed by atoms with van der Waals surface area (Å²) in [5, 5.41) is 12.2. The average Bonchev–Trinajstić information content (AvgIpc) is 3.25. The molecule has 0 radical (unpaired) electrons. The van der Waals surface area contributed by atoms with Crippen LogP contribution in [-0.2, 0) is 4.79 Å². The molecule has 166 valence electrons. The summed E-state index contributed by atoms with van der Waals surface area (Å²) in [6.07, 6.45) is 0. The standard InChI is InChI=1S/C26H25N5OS/c1-16-10-13-19(14-11-16)22-23(25(32)27-21-15-17(2)9-12-18(21)3)33-26-29-28-24(31(26)30-22)20-7-5-4-6-8-20/h4-15,22-23,30H,1-3H3,(H,27,32)/t22-,23-/m1/s1. The van der Waals surface area contributed by atoms with E-state index < -0.39 is 5.25 Å². The summed E-state index contributed by atoms with van der Waals surface area (Å²) in [6, 6.07) is 24.0. The van der Waals surface area contributed by atoms with Gasteiger partial charge in [-0.2, -0.15) is 0 Å². The number of fused-ring (bicyclic) bond motifs is 1. The number of anilines is 1.